The monoisotopic (exact) mass is 772 g/mol. The van der Waals surface area contributed by atoms with Crippen LogP contribution in [0, 0.1) is 0 Å². The fourth-order valence-electron chi connectivity index (χ4n) is 4.60. The maximum absolute atomic E-state index is 11.0. The van der Waals surface area contributed by atoms with Gasteiger partial charge < -0.3 is 15.5 Å². The van der Waals surface area contributed by atoms with Gasteiger partial charge in [0.05, 0.1) is 28.3 Å². The van der Waals surface area contributed by atoms with Gasteiger partial charge in [-0.2, -0.15) is 11.4 Å². The molecule has 248 valence electrons. The number of carboxylic acid groups (broad SMARTS) is 1. The third-order valence-electron chi connectivity index (χ3n) is 6.95. The molecule has 0 saturated carbocycles. The number of carboxylic acids is 1. The van der Waals surface area contributed by atoms with Crippen molar-refractivity contribution in [2.45, 2.75) is 39.0 Å². The molecule has 11 heteroatoms. The summed E-state index contributed by atoms with van der Waals surface area (Å²) in [5, 5.41) is 17.5. The zero-order valence-corrected chi connectivity index (χ0v) is 30.2. The molecule has 8 nitrogen and oxygen atoms in total. The number of rotatable bonds is 11. The maximum Gasteiger partial charge on any atom is 2.00 e. The normalized spacial score (nSPS) is 10.1. The second kappa shape index (κ2) is 21.2. The Bertz CT molecular complexity index is 1940. The van der Waals surface area contributed by atoms with E-state index in [1.165, 1.54) is 65.3 Å². The largest absolute Gasteiger partial charge is 2.00 e. The maximum atomic E-state index is 11.0. The van der Waals surface area contributed by atoms with Gasteiger partial charge in [-0.3, -0.25) is 15.0 Å². The van der Waals surface area contributed by atoms with E-state index in [2.05, 4.69) is 74.4 Å². The number of aryl methyl sites for hydroxylation is 1. The van der Waals surface area contributed by atoms with Gasteiger partial charge in [0.15, 0.2) is 0 Å². The molecule has 49 heavy (non-hydrogen) atoms. The Kier molecular flexibility index (Phi) is 16.8. The summed E-state index contributed by atoms with van der Waals surface area (Å²) in [6.45, 7) is 2.26. The van der Waals surface area contributed by atoms with Crippen molar-refractivity contribution in [1.82, 2.24) is 24.9 Å². The summed E-state index contributed by atoms with van der Waals surface area (Å²) >= 11 is 5.60. The fourth-order valence-corrected chi connectivity index (χ4v) is 5.56. The van der Waals surface area contributed by atoms with Crippen molar-refractivity contribution in [1.29, 1.82) is 0 Å². The number of hydrogen-bond donors (Lipinski definition) is 1. The van der Waals surface area contributed by atoms with Crippen LogP contribution in [0.15, 0.2) is 110 Å². The summed E-state index contributed by atoms with van der Waals surface area (Å²) in [5.41, 5.74) is 5.80. The molecule has 0 aliphatic rings. The SMILES string of the molecule is CCCCCCc1ccc(/C=C/c2ccnc(-c3ccc[n-]3)c2)s1.O=C(O)c1ccnc(-c2cccc(-c3ccccn3)n2)c1.[N-]=C=S.[Ru+2]. The molecule has 0 aliphatic carbocycles. The van der Waals surface area contributed by atoms with E-state index in [0.29, 0.717) is 11.4 Å². The molecule has 0 spiro atoms. The van der Waals surface area contributed by atoms with Crippen LogP contribution in [0.1, 0.15) is 58.3 Å². The minimum absolute atomic E-state index is 0. The van der Waals surface area contributed by atoms with Crippen LogP contribution in [0.2, 0.25) is 0 Å². The van der Waals surface area contributed by atoms with Gasteiger partial charge in [0, 0.05) is 34.0 Å². The Morgan fingerprint density at radius 3 is 2.29 bits per heavy atom. The van der Waals surface area contributed by atoms with E-state index in [0.717, 1.165) is 28.3 Å². The van der Waals surface area contributed by atoms with Gasteiger partial charge in [-0.25, -0.2) is 9.78 Å². The fraction of sp³-hybridized carbons (Fsp3) is 0.158. The van der Waals surface area contributed by atoms with Gasteiger partial charge in [-0.1, -0.05) is 68.7 Å². The van der Waals surface area contributed by atoms with Crippen LogP contribution < -0.4 is 4.98 Å². The van der Waals surface area contributed by atoms with Crippen molar-refractivity contribution < 1.29 is 29.4 Å². The van der Waals surface area contributed by atoms with Crippen molar-refractivity contribution in [3.63, 3.8) is 0 Å². The first-order chi connectivity index (χ1) is 23.5. The molecular formula is C38H34N6O2RuS2. The van der Waals surface area contributed by atoms with Crippen LogP contribution in [0.25, 0.3) is 51.7 Å². The molecule has 6 heterocycles. The van der Waals surface area contributed by atoms with Crippen molar-refractivity contribution in [2.75, 3.05) is 0 Å². The van der Waals surface area contributed by atoms with Gasteiger partial charge in [-0.15, -0.1) is 17.0 Å². The molecule has 0 amide bonds. The topological polar surface area (TPSA) is 125 Å². The molecule has 0 bridgehead atoms. The van der Waals surface area contributed by atoms with Crippen LogP contribution >= 0.6 is 23.6 Å². The molecule has 1 N–H and O–H groups in total. The van der Waals surface area contributed by atoms with Crippen molar-refractivity contribution in [2.24, 2.45) is 0 Å². The quantitative estimate of drug-likeness (QED) is 0.0598. The number of thiophene rings is 1. The molecule has 0 unspecified atom stereocenters. The molecule has 6 rings (SSSR count). The van der Waals surface area contributed by atoms with E-state index in [9.17, 15) is 4.79 Å². The Morgan fingerprint density at radius 2 is 1.57 bits per heavy atom. The number of unbranched alkanes of at least 4 members (excludes halogenated alkanes) is 3. The average molecular weight is 772 g/mol. The summed E-state index contributed by atoms with van der Waals surface area (Å²) in [4.78, 5) is 35.4. The number of carbonyl (C=O) groups is 1. The first-order valence-electron chi connectivity index (χ1n) is 15.4. The Hall–Kier alpha value is -4.79. The predicted molar refractivity (Wildman–Crippen MR) is 198 cm³/mol. The first kappa shape index (κ1) is 38.7. The number of aromatic nitrogens is 5. The molecule has 0 aromatic carbocycles. The Morgan fingerprint density at radius 1 is 0.837 bits per heavy atom. The summed E-state index contributed by atoms with van der Waals surface area (Å²) in [5.74, 6) is -0.987. The van der Waals surface area contributed by atoms with E-state index < -0.39 is 5.97 Å². The standard InChI is InChI=1S/C21H23N2S.C16H11N3O2.CNS.Ru/c1-2-3-4-5-7-18-11-12-19(24-18)10-9-17-13-15-23-21(16-17)20-8-6-14-22-20;20-16(21)11-7-9-18-15(10-11)14-6-3-5-13(19-14)12-4-1-2-8-17-12;2-1-3;/h6,8-16H,2-5,7H2,1H3;1-10H,(H,20,21);;/q-1;;-1;+2/b10-9+;;;. The summed E-state index contributed by atoms with van der Waals surface area (Å²) in [7, 11) is 0. The van der Waals surface area contributed by atoms with Gasteiger partial charge in [0.2, 0.25) is 0 Å². The predicted octanol–water partition coefficient (Wildman–Crippen LogP) is 9.62. The van der Waals surface area contributed by atoms with Crippen LogP contribution in [0.4, 0.5) is 0 Å². The third kappa shape index (κ3) is 12.6. The number of aromatic carboxylic acids is 1. The van der Waals surface area contributed by atoms with E-state index in [-0.39, 0.29) is 25.0 Å². The summed E-state index contributed by atoms with van der Waals surface area (Å²) in [6, 6.07) is 26.6. The summed E-state index contributed by atoms with van der Waals surface area (Å²) in [6.07, 6.45) is 17.7. The van der Waals surface area contributed by atoms with Crippen LogP contribution in [-0.2, 0) is 25.9 Å². The number of thiocarbonyl (C=S) groups is 1. The summed E-state index contributed by atoms with van der Waals surface area (Å²) < 4.78 is 0. The van der Waals surface area contributed by atoms with Crippen LogP contribution in [-0.4, -0.2) is 36.2 Å². The van der Waals surface area contributed by atoms with Crippen molar-refractivity contribution in [3.8, 4) is 34.2 Å². The zero-order valence-electron chi connectivity index (χ0n) is 26.8. The van der Waals surface area contributed by atoms with Crippen molar-refractivity contribution >= 4 is 46.8 Å². The second-order valence-electron chi connectivity index (χ2n) is 10.4. The zero-order chi connectivity index (χ0) is 34.0. The molecule has 0 radical (unpaired) electrons. The third-order valence-corrected chi connectivity index (χ3v) is 8.06. The Balaban J connectivity index is 0.000000243. The second-order valence-corrected chi connectivity index (χ2v) is 11.8. The van der Waals surface area contributed by atoms with Gasteiger partial charge in [-0.05, 0) is 85.1 Å². The Labute approximate surface area is 308 Å². The molecular weight excluding hydrogens is 738 g/mol. The molecule has 0 aliphatic heterocycles. The molecule has 0 fully saturated rings. The minimum atomic E-state index is -0.987. The average Bonchev–Trinajstić information content (AvgIpc) is 3.84. The molecule has 6 aromatic heterocycles. The van der Waals surface area contributed by atoms with Crippen molar-refractivity contribution in [3.05, 3.63) is 136 Å². The molecule has 0 saturated heterocycles. The number of pyridine rings is 4. The van der Waals surface area contributed by atoms with E-state index in [4.69, 9.17) is 10.5 Å². The van der Waals surface area contributed by atoms with Crippen LogP contribution in [0.3, 0.4) is 0 Å². The van der Waals surface area contributed by atoms with Gasteiger partial charge >= 0.3 is 25.4 Å². The smallest absolute Gasteiger partial charge is 0.753 e. The number of hydrogen-bond acceptors (Lipinski definition) is 7. The number of isothiocyanates is 1. The van der Waals surface area contributed by atoms with Gasteiger partial charge in [0.1, 0.15) is 0 Å². The van der Waals surface area contributed by atoms with E-state index in [1.54, 1.807) is 18.5 Å². The minimum Gasteiger partial charge on any atom is -0.753 e. The number of nitrogens with zero attached hydrogens (tertiary/aromatic N) is 6. The van der Waals surface area contributed by atoms with Crippen LogP contribution in [0.5, 0.6) is 0 Å². The van der Waals surface area contributed by atoms with E-state index in [1.807, 2.05) is 66.1 Å². The van der Waals surface area contributed by atoms with Gasteiger partial charge in [0.25, 0.3) is 0 Å². The molecule has 0 atom stereocenters. The first-order valence-corrected chi connectivity index (χ1v) is 16.6. The van der Waals surface area contributed by atoms with E-state index >= 15 is 0 Å². The molecule has 6 aromatic rings.